The first kappa shape index (κ1) is 11.7. The Hall–Kier alpha value is -1.73. The molecule has 1 aromatic rings. The minimum absolute atomic E-state index is 0.121. The molecule has 1 aliphatic rings. The highest BCUT2D eigenvalue weighted by atomic mass is 16.3. The molecule has 90 valence electrons. The molecule has 0 radical (unpaired) electrons. The minimum Gasteiger partial charge on any atom is -0.397 e. The summed E-state index contributed by atoms with van der Waals surface area (Å²) in [6.45, 7) is 0.719. The standard InChI is InChI=1S/C13H17N3O/c14-9-10-4-5-13(12(15)8-10)16(6-7-17)11-2-1-3-11/h4-5,8,11,17H,1-3,6-7,15H2. The summed E-state index contributed by atoms with van der Waals surface area (Å²) in [5.41, 5.74) is 8.09. The first-order chi connectivity index (χ1) is 8.26. The Morgan fingerprint density at radius 2 is 2.24 bits per heavy atom. The van der Waals surface area contributed by atoms with E-state index in [1.54, 1.807) is 12.1 Å². The Bertz CT molecular complexity index is 435. The number of nitriles is 1. The molecule has 1 fully saturated rings. The summed E-state index contributed by atoms with van der Waals surface area (Å²) in [6.07, 6.45) is 3.54. The van der Waals surface area contributed by atoms with E-state index in [0.29, 0.717) is 23.8 Å². The SMILES string of the molecule is N#Cc1ccc(N(CCO)C2CCC2)c(N)c1. The summed E-state index contributed by atoms with van der Waals surface area (Å²) >= 11 is 0. The Morgan fingerprint density at radius 1 is 1.47 bits per heavy atom. The van der Waals surface area contributed by atoms with Gasteiger partial charge in [0.1, 0.15) is 0 Å². The number of nitrogens with zero attached hydrogens (tertiary/aromatic N) is 2. The van der Waals surface area contributed by atoms with E-state index in [-0.39, 0.29) is 6.61 Å². The van der Waals surface area contributed by atoms with Gasteiger partial charge in [0.15, 0.2) is 0 Å². The lowest BCUT2D eigenvalue weighted by Gasteiger charge is -2.39. The summed E-state index contributed by atoms with van der Waals surface area (Å²) in [5.74, 6) is 0. The van der Waals surface area contributed by atoms with Gasteiger partial charge in [0.05, 0.1) is 29.6 Å². The maximum absolute atomic E-state index is 9.12. The normalized spacial score (nSPS) is 15.1. The fraction of sp³-hybridized carbons (Fsp3) is 0.462. The molecule has 0 heterocycles. The molecule has 2 rings (SSSR count). The molecule has 4 nitrogen and oxygen atoms in total. The van der Waals surface area contributed by atoms with Gasteiger partial charge < -0.3 is 15.7 Å². The number of anilines is 2. The predicted octanol–water partition coefficient (Wildman–Crippen LogP) is 1.49. The summed E-state index contributed by atoms with van der Waals surface area (Å²) < 4.78 is 0. The van der Waals surface area contributed by atoms with Crippen LogP contribution in [0.15, 0.2) is 18.2 Å². The van der Waals surface area contributed by atoms with E-state index in [2.05, 4.69) is 11.0 Å². The van der Waals surface area contributed by atoms with Gasteiger partial charge in [-0.15, -0.1) is 0 Å². The molecule has 0 aromatic heterocycles. The van der Waals surface area contributed by atoms with Gasteiger partial charge in [-0.3, -0.25) is 0 Å². The minimum atomic E-state index is 0.121. The van der Waals surface area contributed by atoms with Crippen molar-refractivity contribution in [2.75, 3.05) is 23.8 Å². The van der Waals surface area contributed by atoms with Crippen LogP contribution < -0.4 is 10.6 Å². The van der Waals surface area contributed by atoms with Crippen LogP contribution in [0, 0.1) is 11.3 Å². The topological polar surface area (TPSA) is 73.3 Å². The highest BCUT2D eigenvalue weighted by molar-refractivity contribution is 5.70. The monoisotopic (exact) mass is 231 g/mol. The number of nitrogen functional groups attached to an aromatic ring is 1. The lowest BCUT2D eigenvalue weighted by atomic mass is 9.91. The summed E-state index contributed by atoms with van der Waals surface area (Å²) in [7, 11) is 0. The number of nitrogens with two attached hydrogens (primary N) is 1. The van der Waals surface area contributed by atoms with Gasteiger partial charge in [-0.25, -0.2) is 0 Å². The van der Waals surface area contributed by atoms with E-state index in [0.717, 1.165) is 18.5 Å². The first-order valence-electron chi connectivity index (χ1n) is 5.93. The van der Waals surface area contributed by atoms with Crippen molar-refractivity contribution >= 4 is 11.4 Å². The van der Waals surface area contributed by atoms with Crippen molar-refractivity contribution in [1.29, 1.82) is 5.26 Å². The second-order valence-corrected chi connectivity index (χ2v) is 4.39. The van der Waals surface area contributed by atoms with E-state index in [1.165, 1.54) is 6.42 Å². The number of aliphatic hydroxyl groups is 1. The molecule has 1 saturated carbocycles. The lowest BCUT2D eigenvalue weighted by molar-refractivity contribution is 0.284. The van der Waals surface area contributed by atoms with Crippen molar-refractivity contribution < 1.29 is 5.11 Å². The van der Waals surface area contributed by atoms with Crippen LogP contribution in [0.2, 0.25) is 0 Å². The highest BCUT2D eigenvalue weighted by Gasteiger charge is 2.25. The zero-order chi connectivity index (χ0) is 12.3. The maximum Gasteiger partial charge on any atom is 0.0992 e. The smallest absolute Gasteiger partial charge is 0.0992 e. The van der Waals surface area contributed by atoms with Crippen molar-refractivity contribution in [1.82, 2.24) is 0 Å². The third-order valence-corrected chi connectivity index (χ3v) is 3.32. The molecule has 4 heteroatoms. The van der Waals surface area contributed by atoms with Crippen LogP contribution in [-0.4, -0.2) is 24.3 Å². The van der Waals surface area contributed by atoms with Crippen LogP contribution in [0.25, 0.3) is 0 Å². The molecule has 0 bridgehead atoms. The molecule has 0 amide bonds. The van der Waals surface area contributed by atoms with Crippen molar-refractivity contribution in [2.24, 2.45) is 0 Å². The molecule has 0 atom stereocenters. The molecule has 0 unspecified atom stereocenters. The van der Waals surface area contributed by atoms with Crippen LogP contribution >= 0.6 is 0 Å². The Labute approximate surface area is 101 Å². The molecular weight excluding hydrogens is 214 g/mol. The van der Waals surface area contributed by atoms with Crippen LogP contribution in [0.1, 0.15) is 24.8 Å². The summed E-state index contributed by atoms with van der Waals surface area (Å²) in [4.78, 5) is 2.15. The average Bonchev–Trinajstić information content (AvgIpc) is 2.26. The van der Waals surface area contributed by atoms with Crippen molar-refractivity contribution in [3.63, 3.8) is 0 Å². The predicted molar refractivity (Wildman–Crippen MR) is 67.6 cm³/mol. The van der Waals surface area contributed by atoms with Crippen LogP contribution in [0.3, 0.4) is 0 Å². The second-order valence-electron chi connectivity index (χ2n) is 4.39. The Balaban J connectivity index is 2.26. The van der Waals surface area contributed by atoms with E-state index in [9.17, 15) is 0 Å². The molecule has 1 aromatic carbocycles. The number of aliphatic hydroxyl groups excluding tert-OH is 1. The van der Waals surface area contributed by atoms with Gasteiger partial charge in [-0.05, 0) is 37.5 Å². The zero-order valence-corrected chi connectivity index (χ0v) is 9.76. The van der Waals surface area contributed by atoms with Gasteiger partial charge in [0, 0.05) is 12.6 Å². The third-order valence-electron chi connectivity index (χ3n) is 3.32. The Kier molecular flexibility index (Phi) is 3.50. The lowest BCUT2D eigenvalue weighted by Crippen LogP contribution is -2.42. The van der Waals surface area contributed by atoms with E-state index in [4.69, 9.17) is 16.1 Å². The quantitative estimate of drug-likeness (QED) is 0.770. The number of hydrogen-bond donors (Lipinski definition) is 2. The van der Waals surface area contributed by atoms with E-state index >= 15 is 0 Å². The fourth-order valence-corrected chi connectivity index (χ4v) is 2.19. The van der Waals surface area contributed by atoms with E-state index < -0.39 is 0 Å². The molecule has 0 aliphatic heterocycles. The molecule has 0 spiro atoms. The highest BCUT2D eigenvalue weighted by Crippen LogP contribution is 2.33. The summed E-state index contributed by atoms with van der Waals surface area (Å²) in [5, 5.41) is 17.9. The average molecular weight is 231 g/mol. The zero-order valence-electron chi connectivity index (χ0n) is 9.76. The van der Waals surface area contributed by atoms with Gasteiger partial charge in [-0.1, -0.05) is 0 Å². The molecule has 3 N–H and O–H groups in total. The molecule has 1 aliphatic carbocycles. The molecular formula is C13H17N3O. The van der Waals surface area contributed by atoms with Crippen molar-refractivity contribution in [3.05, 3.63) is 23.8 Å². The molecule has 0 saturated heterocycles. The van der Waals surface area contributed by atoms with Crippen LogP contribution in [0.4, 0.5) is 11.4 Å². The second kappa shape index (κ2) is 5.07. The largest absolute Gasteiger partial charge is 0.397 e. The van der Waals surface area contributed by atoms with Gasteiger partial charge >= 0.3 is 0 Å². The number of hydrogen-bond acceptors (Lipinski definition) is 4. The van der Waals surface area contributed by atoms with Crippen LogP contribution in [0.5, 0.6) is 0 Å². The van der Waals surface area contributed by atoms with Gasteiger partial charge in [-0.2, -0.15) is 5.26 Å². The number of rotatable bonds is 4. The fourth-order valence-electron chi connectivity index (χ4n) is 2.19. The van der Waals surface area contributed by atoms with Crippen LogP contribution in [-0.2, 0) is 0 Å². The third kappa shape index (κ3) is 2.34. The number of benzene rings is 1. The maximum atomic E-state index is 9.12. The van der Waals surface area contributed by atoms with E-state index in [1.807, 2.05) is 6.07 Å². The molecule has 17 heavy (non-hydrogen) atoms. The summed E-state index contributed by atoms with van der Waals surface area (Å²) in [6, 6.07) is 7.90. The van der Waals surface area contributed by atoms with Crippen molar-refractivity contribution in [2.45, 2.75) is 25.3 Å². The van der Waals surface area contributed by atoms with Gasteiger partial charge in [0.2, 0.25) is 0 Å². The van der Waals surface area contributed by atoms with Gasteiger partial charge in [0.25, 0.3) is 0 Å². The first-order valence-corrected chi connectivity index (χ1v) is 5.93. The Morgan fingerprint density at radius 3 is 2.71 bits per heavy atom. The van der Waals surface area contributed by atoms with Crippen molar-refractivity contribution in [3.8, 4) is 6.07 Å².